The van der Waals surface area contributed by atoms with Gasteiger partial charge >= 0.3 is 0 Å². The molecule has 0 aliphatic carbocycles. The lowest BCUT2D eigenvalue weighted by atomic mass is 10.0. The van der Waals surface area contributed by atoms with Gasteiger partial charge in [-0.25, -0.2) is 0 Å². The summed E-state index contributed by atoms with van der Waals surface area (Å²) in [6, 6.07) is 7.50. The molecule has 0 fully saturated rings. The number of hydrogen-bond donors (Lipinski definition) is 1. The van der Waals surface area contributed by atoms with Crippen LogP contribution in [-0.2, 0) is 6.42 Å². The Hall–Kier alpha value is -1.24. The van der Waals surface area contributed by atoms with Gasteiger partial charge in [-0.2, -0.15) is 0 Å². The van der Waals surface area contributed by atoms with Gasteiger partial charge in [0, 0.05) is 0 Å². The van der Waals surface area contributed by atoms with Gasteiger partial charge in [0.05, 0.1) is 0 Å². The zero-order chi connectivity index (χ0) is 9.68. The number of para-hydroxylation sites is 1. The van der Waals surface area contributed by atoms with Crippen LogP contribution in [0, 0.1) is 5.92 Å². The highest BCUT2D eigenvalue weighted by molar-refractivity contribution is 5.32. The molecule has 1 aromatic rings. The predicted octanol–water partition coefficient (Wildman–Crippen LogP) is 3.15. The van der Waals surface area contributed by atoms with Gasteiger partial charge in [-0.15, -0.1) is 0 Å². The first-order chi connectivity index (χ1) is 6.24. The molecule has 0 bridgehead atoms. The Morgan fingerprint density at radius 2 is 2.08 bits per heavy atom. The van der Waals surface area contributed by atoms with E-state index in [9.17, 15) is 5.11 Å². The molecule has 1 heteroatoms. The Balaban J connectivity index is 2.68. The van der Waals surface area contributed by atoms with E-state index in [-0.39, 0.29) is 0 Å². The van der Waals surface area contributed by atoms with E-state index in [2.05, 4.69) is 13.0 Å². The molecule has 0 amide bonds. The number of allylic oxidation sites excluding steroid dienone is 2. The first-order valence-corrected chi connectivity index (χ1v) is 4.63. The van der Waals surface area contributed by atoms with Crippen molar-refractivity contribution in [1.29, 1.82) is 0 Å². The summed E-state index contributed by atoms with van der Waals surface area (Å²) in [7, 11) is 0. The fourth-order valence-electron chi connectivity index (χ4n) is 1.43. The lowest BCUT2D eigenvalue weighted by Gasteiger charge is -2.07. The zero-order valence-electron chi connectivity index (χ0n) is 8.20. The molecule has 0 saturated heterocycles. The third kappa shape index (κ3) is 2.94. The molecule has 1 aromatic carbocycles. The number of phenols is 1. The first-order valence-electron chi connectivity index (χ1n) is 4.63. The number of aromatic hydroxyl groups is 1. The van der Waals surface area contributed by atoms with Crippen molar-refractivity contribution in [2.45, 2.75) is 20.3 Å². The fraction of sp³-hybridized carbons (Fsp3) is 0.333. The minimum atomic E-state index is 0.402. The van der Waals surface area contributed by atoms with Crippen LogP contribution in [0.1, 0.15) is 19.4 Å². The van der Waals surface area contributed by atoms with Crippen LogP contribution in [0.4, 0.5) is 0 Å². The van der Waals surface area contributed by atoms with Crippen LogP contribution in [0.2, 0.25) is 0 Å². The summed E-state index contributed by atoms with van der Waals surface area (Å²) in [4.78, 5) is 0. The lowest BCUT2D eigenvalue weighted by molar-refractivity contribution is 0.465. The van der Waals surface area contributed by atoms with Gasteiger partial charge in [-0.1, -0.05) is 37.3 Å². The van der Waals surface area contributed by atoms with E-state index < -0.39 is 0 Å². The molecule has 0 aliphatic heterocycles. The standard InChI is InChI=1S/C12H16O/c1-3-6-10(2)9-11-7-4-5-8-12(11)13/h3-8,10,13H,9H2,1-2H3/b6-3-. The van der Waals surface area contributed by atoms with Gasteiger partial charge in [0.25, 0.3) is 0 Å². The van der Waals surface area contributed by atoms with Gasteiger partial charge < -0.3 is 5.11 Å². The molecule has 0 aromatic heterocycles. The Morgan fingerprint density at radius 1 is 1.38 bits per heavy atom. The van der Waals surface area contributed by atoms with Crippen molar-refractivity contribution < 1.29 is 5.11 Å². The van der Waals surface area contributed by atoms with Crippen LogP contribution in [0.15, 0.2) is 36.4 Å². The van der Waals surface area contributed by atoms with Crippen molar-refractivity contribution in [1.82, 2.24) is 0 Å². The molecule has 0 heterocycles. The van der Waals surface area contributed by atoms with Crippen molar-refractivity contribution in [3.05, 3.63) is 42.0 Å². The predicted molar refractivity (Wildman–Crippen MR) is 55.8 cm³/mol. The Morgan fingerprint density at radius 3 is 2.69 bits per heavy atom. The maximum Gasteiger partial charge on any atom is 0.118 e. The summed E-state index contributed by atoms with van der Waals surface area (Å²) in [5.41, 5.74) is 1.02. The van der Waals surface area contributed by atoms with Gasteiger partial charge in [0.15, 0.2) is 0 Å². The minimum Gasteiger partial charge on any atom is -0.508 e. The maximum atomic E-state index is 9.50. The normalized spacial score (nSPS) is 13.4. The smallest absolute Gasteiger partial charge is 0.118 e. The summed E-state index contributed by atoms with van der Waals surface area (Å²) in [6.45, 7) is 4.16. The molecule has 0 aliphatic rings. The molecule has 13 heavy (non-hydrogen) atoms. The Kier molecular flexibility index (Phi) is 3.56. The molecule has 1 rings (SSSR count). The Labute approximate surface area is 79.7 Å². The van der Waals surface area contributed by atoms with Crippen LogP contribution in [0.3, 0.4) is 0 Å². The van der Waals surface area contributed by atoms with Crippen LogP contribution in [0.5, 0.6) is 5.75 Å². The zero-order valence-corrected chi connectivity index (χ0v) is 8.20. The van der Waals surface area contributed by atoms with E-state index in [4.69, 9.17) is 0 Å². The molecule has 0 radical (unpaired) electrons. The molecule has 70 valence electrons. The lowest BCUT2D eigenvalue weighted by Crippen LogP contribution is -1.95. The van der Waals surface area contributed by atoms with Gasteiger partial charge in [-0.3, -0.25) is 0 Å². The summed E-state index contributed by atoms with van der Waals surface area (Å²) in [5, 5.41) is 9.50. The first kappa shape index (κ1) is 9.85. The van der Waals surface area contributed by atoms with Crippen molar-refractivity contribution in [2.24, 2.45) is 5.92 Å². The van der Waals surface area contributed by atoms with Crippen LogP contribution in [-0.4, -0.2) is 5.11 Å². The van der Waals surface area contributed by atoms with Crippen molar-refractivity contribution in [3.8, 4) is 5.75 Å². The fourth-order valence-corrected chi connectivity index (χ4v) is 1.43. The van der Waals surface area contributed by atoms with Crippen molar-refractivity contribution >= 4 is 0 Å². The molecular weight excluding hydrogens is 160 g/mol. The monoisotopic (exact) mass is 176 g/mol. The second kappa shape index (κ2) is 4.70. The largest absolute Gasteiger partial charge is 0.508 e. The molecule has 1 N–H and O–H groups in total. The summed E-state index contributed by atoms with van der Waals surface area (Å²) in [5.74, 6) is 0.886. The molecule has 1 nitrogen and oxygen atoms in total. The van der Waals surface area contributed by atoms with E-state index >= 15 is 0 Å². The average Bonchev–Trinajstić information content (AvgIpc) is 2.09. The third-order valence-corrected chi connectivity index (χ3v) is 2.05. The van der Waals surface area contributed by atoms with Crippen LogP contribution >= 0.6 is 0 Å². The van der Waals surface area contributed by atoms with E-state index in [0.717, 1.165) is 12.0 Å². The van der Waals surface area contributed by atoms with Crippen molar-refractivity contribution in [2.75, 3.05) is 0 Å². The highest BCUT2D eigenvalue weighted by Crippen LogP contribution is 2.19. The van der Waals surface area contributed by atoms with E-state index in [1.54, 1.807) is 6.07 Å². The topological polar surface area (TPSA) is 20.2 Å². The SMILES string of the molecule is C/C=C\C(C)Cc1ccccc1O. The number of hydrogen-bond acceptors (Lipinski definition) is 1. The van der Waals surface area contributed by atoms with E-state index in [1.165, 1.54) is 0 Å². The molecule has 1 unspecified atom stereocenters. The average molecular weight is 176 g/mol. The summed E-state index contributed by atoms with van der Waals surface area (Å²) < 4.78 is 0. The van der Waals surface area contributed by atoms with Gasteiger partial charge in [0.1, 0.15) is 5.75 Å². The maximum absolute atomic E-state index is 9.50. The molecule has 1 atom stereocenters. The van der Waals surface area contributed by atoms with Crippen LogP contribution in [0.25, 0.3) is 0 Å². The second-order valence-electron chi connectivity index (χ2n) is 3.34. The quantitative estimate of drug-likeness (QED) is 0.701. The molecule has 0 spiro atoms. The van der Waals surface area contributed by atoms with Gasteiger partial charge in [-0.05, 0) is 30.9 Å². The van der Waals surface area contributed by atoms with Crippen molar-refractivity contribution in [3.63, 3.8) is 0 Å². The third-order valence-electron chi connectivity index (χ3n) is 2.05. The van der Waals surface area contributed by atoms with Gasteiger partial charge in [0.2, 0.25) is 0 Å². The minimum absolute atomic E-state index is 0.402. The van der Waals surface area contributed by atoms with E-state index in [0.29, 0.717) is 11.7 Å². The number of benzene rings is 1. The molecular formula is C12H16O. The number of phenolic OH excluding ortho intramolecular Hbond substituents is 1. The summed E-state index contributed by atoms with van der Waals surface area (Å²) in [6.07, 6.45) is 5.09. The number of rotatable bonds is 3. The highest BCUT2D eigenvalue weighted by Gasteiger charge is 2.02. The summed E-state index contributed by atoms with van der Waals surface area (Å²) >= 11 is 0. The van der Waals surface area contributed by atoms with Crippen LogP contribution < -0.4 is 0 Å². The molecule has 0 saturated carbocycles. The highest BCUT2D eigenvalue weighted by atomic mass is 16.3. The Bertz CT molecular complexity index is 289. The van der Waals surface area contributed by atoms with E-state index in [1.807, 2.05) is 31.2 Å². The second-order valence-corrected chi connectivity index (χ2v) is 3.34.